The standard InChI is InChI=1S/C22H26FN3O/c1-15-3-4-16(2)21(11-15)26-9-7-25(8-10-26)14-22(27)19-13-24-20-6-5-17(23)12-18(19)20/h3-6,11-13,22,24,27H,7-10,14H2,1-2H3/t22-/m0/s1. The Morgan fingerprint density at radius 3 is 2.63 bits per heavy atom. The normalized spacial score (nSPS) is 16.8. The highest BCUT2D eigenvalue weighted by molar-refractivity contribution is 5.83. The molecule has 2 N–H and O–H groups in total. The van der Waals surface area contributed by atoms with Crippen LogP contribution in [0.15, 0.2) is 42.6 Å². The Bertz CT molecular complexity index is 944. The first-order valence-electron chi connectivity index (χ1n) is 9.50. The first-order chi connectivity index (χ1) is 13.0. The first-order valence-corrected chi connectivity index (χ1v) is 9.50. The number of nitrogens with one attached hydrogen (secondary N) is 1. The fourth-order valence-corrected chi connectivity index (χ4v) is 3.96. The van der Waals surface area contributed by atoms with Gasteiger partial charge in [-0.1, -0.05) is 12.1 Å². The highest BCUT2D eigenvalue weighted by atomic mass is 19.1. The van der Waals surface area contributed by atoms with E-state index in [-0.39, 0.29) is 5.82 Å². The van der Waals surface area contributed by atoms with Crippen molar-refractivity contribution < 1.29 is 9.50 Å². The van der Waals surface area contributed by atoms with Crippen molar-refractivity contribution in [3.05, 3.63) is 65.1 Å². The van der Waals surface area contributed by atoms with Gasteiger partial charge in [0.15, 0.2) is 0 Å². The lowest BCUT2D eigenvalue weighted by Gasteiger charge is -2.37. The number of aliphatic hydroxyl groups is 1. The van der Waals surface area contributed by atoms with Gasteiger partial charge in [-0.2, -0.15) is 0 Å². The SMILES string of the molecule is Cc1ccc(C)c(N2CCN(C[C@H](O)c3c[nH]c4ccc(F)cc34)CC2)c1. The van der Waals surface area contributed by atoms with E-state index in [1.165, 1.54) is 28.9 Å². The zero-order chi connectivity index (χ0) is 19.0. The highest BCUT2D eigenvalue weighted by Gasteiger charge is 2.22. The van der Waals surface area contributed by atoms with E-state index in [2.05, 4.69) is 46.8 Å². The van der Waals surface area contributed by atoms with Gasteiger partial charge in [-0.3, -0.25) is 4.90 Å². The second-order valence-corrected chi connectivity index (χ2v) is 7.53. The van der Waals surface area contributed by atoms with E-state index in [1.807, 2.05) is 0 Å². The predicted molar refractivity (Wildman–Crippen MR) is 108 cm³/mol. The van der Waals surface area contributed by atoms with E-state index >= 15 is 0 Å². The molecule has 2 aromatic carbocycles. The molecule has 142 valence electrons. The van der Waals surface area contributed by atoms with Gasteiger partial charge in [0.05, 0.1) is 6.10 Å². The monoisotopic (exact) mass is 367 g/mol. The Hall–Kier alpha value is -2.37. The van der Waals surface area contributed by atoms with Crippen molar-refractivity contribution in [2.75, 3.05) is 37.6 Å². The van der Waals surface area contributed by atoms with E-state index < -0.39 is 6.10 Å². The molecule has 0 bridgehead atoms. The third-order valence-electron chi connectivity index (χ3n) is 5.54. The van der Waals surface area contributed by atoms with Crippen molar-refractivity contribution in [3.63, 3.8) is 0 Å². The van der Waals surface area contributed by atoms with Crippen LogP contribution in [0.4, 0.5) is 10.1 Å². The van der Waals surface area contributed by atoms with Crippen LogP contribution >= 0.6 is 0 Å². The molecule has 2 heterocycles. The molecule has 1 atom stereocenters. The second kappa shape index (κ2) is 7.33. The summed E-state index contributed by atoms with van der Waals surface area (Å²) in [7, 11) is 0. The number of hydrogen-bond acceptors (Lipinski definition) is 3. The summed E-state index contributed by atoms with van der Waals surface area (Å²) in [5, 5.41) is 11.5. The molecule has 5 heteroatoms. The first kappa shape index (κ1) is 18.0. The number of anilines is 1. The van der Waals surface area contributed by atoms with Gasteiger partial charge >= 0.3 is 0 Å². The average molecular weight is 367 g/mol. The van der Waals surface area contributed by atoms with Crippen molar-refractivity contribution in [1.29, 1.82) is 0 Å². The highest BCUT2D eigenvalue weighted by Crippen LogP contribution is 2.27. The van der Waals surface area contributed by atoms with Crippen LogP contribution in [0.5, 0.6) is 0 Å². The Labute approximate surface area is 159 Å². The van der Waals surface area contributed by atoms with Crippen LogP contribution < -0.4 is 4.90 Å². The maximum absolute atomic E-state index is 13.6. The molecule has 1 fully saturated rings. The van der Waals surface area contributed by atoms with Gasteiger partial charge in [0.25, 0.3) is 0 Å². The fraction of sp³-hybridized carbons (Fsp3) is 0.364. The third-order valence-corrected chi connectivity index (χ3v) is 5.54. The van der Waals surface area contributed by atoms with Gasteiger partial charge < -0.3 is 15.0 Å². The number of benzene rings is 2. The molecule has 1 aliphatic heterocycles. The van der Waals surface area contributed by atoms with Gasteiger partial charge in [0, 0.05) is 61.1 Å². The van der Waals surface area contributed by atoms with Crippen LogP contribution in [0.1, 0.15) is 22.8 Å². The van der Waals surface area contributed by atoms with Crippen LogP contribution in [0.3, 0.4) is 0 Å². The molecule has 0 amide bonds. The number of piperazine rings is 1. The van der Waals surface area contributed by atoms with Crippen LogP contribution in [-0.2, 0) is 0 Å². The number of H-pyrrole nitrogens is 1. The van der Waals surface area contributed by atoms with Gasteiger partial charge in [0.1, 0.15) is 5.82 Å². The van der Waals surface area contributed by atoms with Gasteiger partial charge in [-0.25, -0.2) is 4.39 Å². The number of rotatable bonds is 4. The summed E-state index contributed by atoms with van der Waals surface area (Å²) in [5.74, 6) is -0.280. The molecule has 1 saturated heterocycles. The molecule has 4 rings (SSSR count). The molecule has 0 radical (unpaired) electrons. The van der Waals surface area contributed by atoms with Crippen LogP contribution in [0.25, 0.3) is 10.9 Å². The van der Waals surface area contributed by atoms with E-state index in [1.54, 1.807) is 12.3 Å². The van der Waals surface area contributed by atoms with Crippen LogP contribution in [-0.4, -0.2) is 47.7 Å². The summed E-state index contributed by atoms with van der Waals surface area (Å²) in [5.41, 5.74) is 5.50. The smallest absolute Gasteiger partial charge is 0.123 e. The number of β-amino-alcohol motifs (C(OH)–C–C–N with tert-alkyl or cyclic N) is 1. The molecule has 0 unspecified atom stereocenters. The number of hydrogen-bond donors (Lipinski definition) is 2. The second-order valence-electron chi connectivity index (χ2n) is 7.53. The lowest BCUT2D eigenvalue weighted by atomic mass is 10.1. The molecule has 0 spiro atoms. The molecule has 3 aromatic rings. The van der Waals surface area contributed by atoms with E-state index in [0.29, 0.717) is 6.54 Å². The number of aromatic amines is 1. The minimum absolute atomic E-state index is 0.280. The van der Waals surface area contributed by atoms with Crippen molar-refractivity contribution in [1.82, 2.24) is 9.88 Å². The molecule has 1 aliphatic rings. The number of halogens is 1. The molecule has 0 saturated carbocycles. The third kappa shape index (κ3) is 3.70. The minimum Gasteiger partial charge on any atom is -0.387 e. The van der Waals surface area contributed by atoms with E-state index in [9.17, 15) is 9.50 Å². The Balaban J connectivity index is 1.41. The number of nitrogens with zero attached hydrogens (tertiary/aromatic N) is 2. The van der Waals surface area contributed by atoms with Gasteiger partial charge in [0.2, 0.25) is 0 Å². The Morgan fingerprint density at radius 2 is 1.85 bits per heavy atom. The summed E-state index contributed by atoms with van der Waals surface area (Å²) in [6.07, 6.45) is 1.16. The summed E-state index contributed by atoms with van der Waals surface area (Å²) in [6, 6.07) is 11.2. The largest absolute Gasteiger partial charge is 0.387 e. The summed E-state index contributed by atoms with van der Waals surface area (Å²) >= 11 is 0. The lowest BCUT2D eigenvalue weighted by Crippen LogP contribution is -2.47. The van der Waals surface area contributed by atoms with Gasteiger partial charge in [-0.05, 0) is 49.2 Å². The molecule has 27 heavy (non-hydrogen) atoms. The van der Waals surface area contributed by atoms with E-state index in [4.69, 9.17) is 0 Å². The Kier molecular flexibility index (Phi) is 4.89. The average Bonchev–Trinajstić information content (AvgIpc) is 3.07. The predicted octanol–water partition coefficient (Wildman–Crippen LogP) is 3.78. The summed E-state index contributed by atoms with van der Waals surface area (Å²) in [4.78, 5) is 7.83. The molecule has 0 aliphatic carbocycles. The number of fused-ring (bicyclic) bond motifs is 1. The van der Waals surface area contributed by atoms with Crippen LogP contribution in [0, 0.1) is 19.7 Å². The topological polar surface area (TPSA) is 42.5 Å². The zero-order valence-electron chi connectivity index (χ0n) is 15.9. The minimum atomic E-state index is -0.632. The quantitative estimate of drug-likeness (QED) is 0.737. The molecular weight excluding hydrogens is 341 g/mol. The fourth-order valence-electron chi connectivity index (χ4n) is 3.96. The molecule has 4 nitrogen and oxygen atoms in total. The van der Waals surface area contributed by atoms with Crippen LogP contribution in [0.2, 0.25) is 0 Å². The zero-order valence-corrected chi connectivity index (χ0v) is 15.9. The van der Waals surface area contributed by atoms with E-state index in [0.717, 1.165) is 42.6 Å². The maximum Gasteiger partial charge on any atom is 0.123 e. The van der Waals surface area contributed by atoms with Gasteiger partial charge in [-0.15, -0.1) is 0 Å². The summed E-state index contributed by atoms with van der Waals surface area (Å²) < 4.78 is 13.6. The maximum atomic E-state index is 13.6. The number of aliphatic hydroxyl groups excluding tert-OH is 1. The molecule has 1 aromatic heterocycles. The van der Waals surface area contributed by atoms with Crippen molar-refractivity contribution in [2.24, 2.45) is 0 Å². The number of aromatic nitrogens is 1. The number of aryl methyl sites for hydroxylation is 2. The van der Waals surface area contributed by atoms with Crippen molar-refractivity contribution in [3.8, 4) is 0 Å². The lowest BCUT2D eigenvalue weighted by molar-refractivity contribution is 0.110. The molecular formula is C22H26FN3O. The van der Waals surface area contributed by atoms with Crippen molar-refractivity contribution in [2.45, 2.75) is 20.0 Å². The summed E-state index contributed by atoms with van der Waals surface area (Å²) in [6.45, 7) is 8.53. The van der Waals surface area contributed by atoms with Crippen molar-refractivity contribution >= 4 is 16.6 Å². The Morgan fingerprint density at radius 1 is 1.07 bits per heavy atom.